The molecule has 0 aromatic rings. The van der Waals surface area contributed by atoms with Crippen LogP contribution in [0.15, 0.2) is 0 Å². The third kappa shape index (κ3) is 6.04. The number of amides is 2. The largest absolute Gasteiger partial charge is 0.480 e. The number of hydrogen-bond donors (Lipinski definition) is 4. The molecule has 18 heavy (non-hydrogen) atoms. The summed E-state index contributed by atoms with van der Waals surface area (Å²) in [7, 11) is 0. The SMILES string of the molecule is CCOC(=O)C(C)NC(=O)N[C@@H](CCO)C(=O)O. The molecule has 0 aliphatic rings. The van der Waals surface area contributed by atoms with Crippen molar-refractivity contribution in [2.24, 2.45) is 0 Å². The van der Waals surface area contributed by atoms with Crippen LogP contribution in [-0.4, -0.2) is 53.5 Å². The van der Waals surface area contributed by atoms with Crippen LogP contribution in [-0.2, 0) is 14.3 Å². The van der Waals surface area contributed by atoms with Crippen LogP contribution in [0.25, 0.3) is 0 Å². The maximum absolute atomic E-state index is 11.4. The van der Waals surface area contributed by atoms with Gasteiger partial charge in [0.25, 0.3) is 0 Å². The number of nitrogens with one attached hydrogen (secondary N) is 2. The van der Waals surface area contributed by atoms with Crippen molar-refractivity contribution in [3.05, 3.63) is 0 Å². The van der Waals surface area contributed by atoms with Gasteiger partial charge in [0.1, 0.15) is 12.1 Å². The summed E-state index contributed by atoms with van der Waals surface area (Å²) in [4.78, 5) is 33.3. The van der Waals surface area contributed by atoms with Gasteiger partial charge in [-0.1, -0.05) is 0 Å². The van der Waals surface area contributed by atoms with Crippen molar-refractivity contribution in [1.82, 2.24) is 10.6 Å². The molecule has 4 N–H and O–H groups in total. The van der Waals surface area contributed by atoms with Crippen LogP contribution in [0, 0.1) is 0 Å². The summed E-state index contributed by atoms with van der Waals surface area (Å²) in [6, 6.07) is -2.89. The van der Waals surface area contributed by atoms with Gasteiger partial charge in [0, 0.05) is 13.0 Å². The van der Waals surface area contributed by atoms with Crippen molar-refractivity contribution in [2.75, 3.05) is 13.2 Å². The van der Waals surface area contributed by atoms with Crippen LogP contribution >= 0.6 is 0 Å². The van der Waals surface area contributed by atoms with Crippen LogP contribution in [0.3, 0.4) is 0 Å². The minimum atomic E-state index is -1.26. The Bertz CT molecular complexity index is 307. The normalized spacial score (nSPS) is 13.3. The van der Waals surface area contributed by atoms with Gasteiger partial charge in [-0.3, -0.25) is 0 Å². The quantitative estimate of drug-likeness (QED) is 0.439. The van der Waals surface area contributed by atoms with Gasteiger partial charge in [0.2, 0.25) is 0 Å². The first-order valence-electron chi connectivity index (χ1n) is 5.49. The van der Waals surface area contributed by atoms with Gasteiger partial charge >= 0.3 is 18.0 Å². The zero-order valence-corrected chi connectivity index (χ0v) is 10.3. The summed E-state index contributed by atoms with van der Waals surface area (Å²) < 4.78 is 4.67. The number of hydrogen-bond acceptors (Lipinski definition) is 5. The lowest BCUT2D eigenvalue weighted by molar-refractivity contribution is -0.144. The number of esters is 1. The lowest BCUT2D eigenvalue weighted by Crippen LogP contribution is -2.50. The van der Waals surface area contributed by atoms with E-state index in [0.717, 1.165) is 0 Å². The fourth-order valence-electron chi connectivity index (χ4n) is 1.11. The molecule has 2 atom stereocenters. The molecule has 0 aliphatic heterocycles. The lowest BCUT2D eigenvalue weighted by Gasteiger charge is -2.16. The summed E-state index contributed by atoms with van der Waals surface area (Å²) in [6.07, 6.45) is -0.115. The maximum Gasteiger partial charge on any atom is 0.328 e. The fraction of sp³-hybridized carbons (Fsp3) is 0.700. The van der Waals surface area contributed by atoms with E-state index >= 15 is 0 Å². The summed E-state index contributed by atoms with van der Waals surface area (Å²) in [5.74, 6) is -1.87. The molecule has 0 heterocycles. The molecule has 0 rings (SSSR count). The molecule has 0 saturated heterocycles. The van der Waals surface area contributed by atoms with E-state index in [4.69, 9.17) is 10.2 Å². The first-order valence-corrected chi connectivity index (χ1v) is 5.49. The van der Waals surface area contributed by atoms with Gasteiger partial charge in [-0.25, -0.2) is 14.4 Å². The summed E-state index contributed by atoms with van der Waals surface area (Å²) in [5.41, 5.74) is 0. The van der Waals surface area contributed by atoms with Crippen LogP contribution < -0.4 is 10.6 Å². The predicted octanol–water partition coefficient (Wildman–Crippen LogP) is -0.927. The molecule has 0 aromatic heterocycles. The van der Waals surface area contributed by atoms with Crippen LogP contribution in [0.1, 0.15) is 20.3 Å². The smallest absolute Gasteiger partial charge is 0.328 e. The Hall–Kier alpha value is -1.83. The van der Waals surface area contributed by atoms with E-state index in [-0.39, 0.29) is 19.6 Å². The Balaban J connectivity index is 4.23. The molecule has 0 bridgehead atoms. The average Bonchev–Trinajstić information content (AvgIpc) is 2.28. The zero-order valence-electron chi connectivity index (χ0n) is 10.3. The summed E-state index contributed by atoms with van der Waals surface area (Å²) in [5, 5.41) is 21.7. The van der Waals surface area contributed by atoms with Crippen molar-refractivity contribution in [3.63, 3.8) is 0 Å². The van der Waals surface area contributed by atoms with Gasteiger partial charge in [-0.15, -0.1) is 0 Å². The Labute approximate surface area is 104 Å². The monoisotopic (exact) mass is 262 g/mol. The Kier molecular flexibility index (Phi) is 7.45. The Morgan fingerprint density at radius 3 is 2.33 bits per heavy atom. The van der Waals surface area contributed by atoms with Gasteiger partial charge in [0.05, 0.1) is 6.61 Å². The van der Waals surface area contributed by atoms with Gasteiger partial charge in [-0.05, 0) is 13.8 Å². The van der Waals surface area contributed by atoms with E-state index in [2.05, 4.69) is 15.4 Å². The number of rotatable bonds is 7. The van der Waals surface area contributed by atoms with Crippen molar-refractivity contribution in [3.8, 4) is 0 Å². The van der Waals surface area contributed by atoms with Crippen molar-refractivity contribution in [1.29, 1.82) is 0 Å². The highest BCUT2D eigenvalue weighted by atomic mass is 16.5. The Morgan fingerprint density at radius 1 is 1.28 bits per heavy atom. The van der Waals surface area contributed by atoms with E-state index in [1.165, 1.54) is 6.92 Å². The first kappa shape index (κ1) is 16.2. The number of carboxylic acid groups (broad SMARTS) is 1. The number of ether oxygens (including phenoxy) is 1. The van der Waals surface area contributed by atoms with Crippen molar-refractivity contribution >= 4 is 18.0 Å². The molecule has 0 fully saturated rings. The summed E-state index contributed by atoms with van der Waals surface area (Å²) in [6.45, 7) is 2.87. The third-order valence-electron chi connectivity index (χ3n) is 2.01. The minimum absolute atomic E-state index is 0.115. The van der Waals surface area contributed by atoms with E-state index in [1.807, 2.05) is 0 Å². The highest BCUT2D eigenvalue weighted by molar-refractivity contribution is 5.86. The molecule has 8 nitrogen and oxygen atoms in total. The molecular formula is C10H18N2O6. The predicted molar refractivity (Wildman–Crippen MR) is 60.9 cm³/mol. The number of carbonyl (C=O) groups excluding carboxylic acids is 2. The molecule has 1 unspecified atom stereocenters. The average molecular weight is 262 g/mol. The van der Waals surface area contributed by atoms with E-state index < -0.39 is 30.1 Å². The van der Waals surface area contributed by atoms with Crippen molar-refractivity contribution in [2.45, 2.75) is 32.4 Å². The van der Waals surface area contributed by atoms with Crippen LogP contribution in [0.4, 0.5) is 4.79 Å². The molecule has 2 amide bonds. The van der Waals surface area contributed by atoms with E-state index in [0.29, 0.717) is 0 Å². The number of urea groups is 1. The molecule has 104 valence electrons. The Morgan fingerprint density at radius 2 is 1.89 bits per heavy atom. The standard InChI is InChI=1S/C10H18N2O6/c1-3-18-9(16)6(2)11-10(17)12-7(4-5-13)8(14)15/h6-7,13H,3-5H2,1-2H3,(H,14,15)(H2,11,12,17)/t6?,7-/m0/s1. The maximum atomic E-state index is 11.4. The number of carboxylic acids is 1. The third-order valence-corrected chi connectivity index (χ3v) is 2.01. The second kappa shape index (κ2) is 8.29. The van der Waals surface area contributed by atoms with Gasteiger partial charge in [0.15, 0.2) is 0 Å². The first-order chi connectivity index (χ1) is 8.42. The molecule has 0 aromatic carbocycles. The van der Waals surface area contributed by atoms with Gasteiger partial charge in [-0.2, -0.15) is 0 Å². The topological polar surface area (TPSA) is 125 Å². The zero-order chi connectivity index (χ0) is 14.1. The van der Waals surface area contributed by atoms with Gasteiger partial charge < -0.3 is 25.6 Å². The number of aliphatic hydroxyl groups is 1. The molecule has 0 radical (unpaired) electrons. The van der Waals surface area contributed by atoms with Crippen LogP contribution in [0.5, 0.6) is 0 Å². The highest BCUT2D eigenvalue weighted by Gasteiger charge is 2.22. The molecule has 0 spiro atoms. The lowest BCUT2D eigenvalue weighted by atomic mass is 10.2. The van der Waals surface area contributed by atoms with E-state index in [1.54, 1.807) is 6.92 Å². The summed E-state index contributed by atoms with van der Waals surface area (Å²) >= 11 is 0. The molecule has 8 heteroatoms. The number of carbonyl (C=O) groups is 3. The van der Waals surface area contributed by atoms with Crippen molar-refractivity contribution < 1.29 is 29.3 Å². The highest BCUT2D eigenvalue weighted by Crippen LogP contribution is 1.93. The van der Waals surface area contributed by atoms with E-state index in [9.17, 15) is 14.4 Å². The van der Waals surface area contributed by atoms with Crippen LogP contribution in [0.2, 0.25) is 0 Å². The second-order valence-electron chi connectivity index (χ2n) is 3.49. The number of aliphatic hydroxyl groups excluding tert-OH is 1. The number of aliphatic carboxylic acids is 1. The molecule has 0 aliphatic carbocycles. The fourth-order valence-corrected chi connectivity index (χ4v) is 1.11. The molecular weight excluding hydrogens is 244 g/mol. The minimum Gasteiger partial charge on any atom is -0.480 e. The second-order valence-corrected chi connectivity index (χ2v) is 3.49. The molecule has 0 saturated carbocycles.